The molecule has 0 heteroatoms. The van der Waals surface area contributed by atoms with E-state index in [0.717, 1.165) is 11.3 Å². The minimum atomic E-state index is 0.777. The van der Waals surface area contributed by atoms with Crippen molar-refractivity contribution in [3.63, 3.8) is 0 Å². The molecule has 0 aromatic rings. The van der Waals surface area contributed by atoms with Crippen LogP contribution in [-0.2, 0) is 0 Å². The van der Waals surface area contributed by atoms with Gasteiger partial charge in [0.1, 0.15) is 0 Å². The Balaban J connectivity index is 2.32. The van der Waals surface area contributed by atoms with Gasteiger partial charge in [-0.05, 0) is 37.0 Å². The first-order chi connectivity index (χ1) is 7.18. The molecule has 0 amide bonds. The fourth-order valence-corrected chi connectivity index (χ4v) is 3.09. The summed E-state index contributed by atoms with van der Waals surface area (Å²) >= 11 is 0. The van der Waals surface area contributed by atoms with Crippen LogP contribution in [0.3, 0.4) is 0 Å². The van der Waals surface area contributed by atoms with Crippen molar-refractivity contribution >= 4 is 0 Å². The average molecular weight is 210 g/mol. The Morgan fingerprint density at radius 1 is 1.00 bits per heavy atom. The minimum absolute atomic E-state index is 0.777. The highest BCUT2D eigenvalue weighted by atomic mass is 14.4. The number of rotatable bonds is 7. The van der Waals surface area contributed by atoms with E-state index in [4.69, 9.17) is 0 Å². The highest BCUT2D eigenvalue weighted by Crippen LogP contribution is 2.46. The molecule has 0 radical (unpaired) electrons. The molecule has 1 saturated carbocycles. The summed E-state index contributed by atoms with van der Waals surface area (Å²) in [7, 11) is 0. The Kier molecular flexibility index (Phi) is 5.71. The zero-order valence-corrected chi connectivity index (χ0v) is 11.1. The summed E-state index contributed by atoms with van der Waals surface area (Å²) in [6.45, 7) is 7.05. The maximum absolute atomic E-state index is 2.37. The molecule has 0 saturated heterocycles. The van der Waals surface area contributed by atoms with Gasteiger partial charge in [-0.1, -0.05) is 59.3 Å². The van der Waals surface area contributed by atoms with Gasteiger partial charge in [0.05, 0.1) is 0 Å². The molecule has 0 bridgehead atoms. The maximum atomic E-state index is 2.37. The van der Waals surface area contributed by atoms with Crippen LogP contribution in [0.5, 0.6) is 0 Å². The summed E-state index contributed by atoms with van der Waals surface area (Å²) in [6.07, 6.45) is 14.9. The first-order valence-electron chi connectivity index (χ1n) is 7.18. The van der Waals surface area contributed by atoms with Crippen molar-refractivity contribution in [2.75, 3.05) is 0 Å². The van der Waals surface area contributed by atoms with E-state index in [1.807, 2.05) is 0 Å². The van der Waals surface area contributed by atoms with Crippen LogP contribution in [0.1, 0.15) is 85.0 Å². The predicted molar refractivity (Wildman–Crippen MR) is 69.1 cm³/mol. The Hall–Kier alpha value is 0. The molecule has 1 aliphatic carbocycles. The maximum Gasteiger partial charge on any atom is -0.0297 e. The highest BCUT2D eigenvalue weighted by Gasteiger charge is 2.32. The molecule has 0 nitrogen and oxygen atoms in total. The van der Waals surface area contributed by atoms with Crippen LogP contribution in [-0.4, -0.2) is 0 Å². The number of unbranched alkanes of at least 4 members (excludes halogenated alkanes) is 2. The molecular weight excluding hydrogens is 180 g/mol. The van der Waals surface area contributed by atoms with Crippen molar-refractivity contribution in [2.45, 2.75) is 85.0 Å². The largest absolute Gasteiger partial charge is 0.0654 e. The van der Waals surface area contributed by atoms with Crippen molar-refractivity contribution in [2.24, 2.45) is 11.3 Å². The van der Waals surface area contributed by atoms with Gasteiger partial charge < -0.3 is 0 Å². The lowest BCUT2D eigenvalue weighted by Gasteiger charge is -2.30. The zero-order chi connectivity index (χ0) is 11.1. The third kappa shape index (κ3) is 4.57. The Morgan fingerprint density at radius 2 is 1.67 bits per heavy atom. The lowest BCUT2D eigenvalue weighted by atomic mass is 9.76. The number of hydrogen-bond acceptors (Lipinski definition) is 0. The second-order valence-corrected chi connectivity index (χ2v) is 6.10. The highest BCUT2D eigenvalue weighted by molar-refractivity contribution is 4.84. The molecule has 0 spiro atoms. The van der Waals surface area contributed by atoms with Crippen molar-refractivity contribution in [1.29, 1.82) is 0 Å². The minimum Gasteiger partial charge on any atom is -0.0654 e. The second kappa shape index (κ2) is 6.55. The van der Waals surface area contributed by atoms with Gasteiger partial charge in [0.2, 0.25) is 0 Å². The predicted octanol–water partition coefficient (Wildman–Crippen LogP) is 5.56. The normalized spacial score (nSPS) is 20.0. The van der Waals surface area contributed by atoms with Gasteiger partial charge in [0, 0.05) is 0 Å². The third-order valence-corrected chi connectivity index (χ3v) is 4.23. The molecule has 0 N–H and O–H groups in total. The van der Waals surface area contributed by atoms with Crippen LogP contribution < -0.4 is 0 Å². The standard InChI is InChI=1S/C15H30/c1-4-5-6-10-15(11-7-8-12-15)13-9-14(2)3/h14H,4-13H2,1-3H3. The molecule has 0 unspecified atom stereocenters. The Bertz CT molecular complexity index is 151. The van der Waals surface area contributed by atoms with Crippen molar-refractivity contribution in [3.8, 4) is 0 Å². The topological polar surface area (TPSA) is 0 Å². The summed E-state index contributed by atoms with van der Waals surface area (Å²) in [5.41, 5.74) is 0.777. The van der Waals surface area contributed by atoms with E-state index in [0.29, 0.717) is 0 Å². The Labute approximate surface area is 96.8 Å². The molecule has 1 fully saturated rings. The van der Waals surface area contributed by atoms with E-state index in [1.165, 1.54) is 64.2 Å². The smallest absolute Gasteiger partial charge is 0.0297 e. The van der Waals surface area contributed by atoms with Crippen molar-refractivity contribution in [3.05, 3.63) is 0 Å². The van der Waals surface area contributed by atoms with Crippen LogP contribution in [0, 0.1) is 11.3 Å². The van der Waals surface area contributed by atoms with Gasteiger partial charge in [-0.3, -0.25) is 0 Å². The van der Waals surface area contributed by atoms with Crippen LogP contribution in [0.15, 0.2) is 0 Å². The second-order valence-electron chi connectivity index (χ2n) is 6.10. The van der Waals surface area contributed by atoms with Gasteiger partial charge in [-0.25, -0.2) is 0 Å². The zero-order valence-electron chi connectivity index (χ0n) is 11.1. The molecule has 1 rings (SSSR count). The van der Waals surface area contributed by atoms with Crippen LogP contribution in [0.2, 0.25) is 0 Å². The lowest BCUT2D eigenvalue weighted by molar-refractivity contribution is 0.221. The van der Waals surface area contributed by atoms with Gasteiger partial charge >= 0.3 is 0 Å². The third-order valence-electron chi connectivity index (χ3n) is 4.23. The average Bonchev–Trinajstić information content (AvgIpc) is 2.65. The quantitative estimate of drug-likeness (QED) is 0.482. The monoisotopic (exact) mass is 210 g/mol. The van der Waals surface area contributed by atoms with E-state index in [2.05, 4.69) is 20.8 Å². The molecule has 0 atom stereocenters. The van der Waals surface area contributed by atoms with E-state index in [9.17, 15) is 0 Å². The SMILES string of the molecule is CCCCCC1(CCC(C)C)CCCC1. The lowest BCUT2D eigenvalue weighted by Crippen LogP contribution is -2.17. The van der Waals surface area contributed by atoms with Crippen LogP contribution in [0.25, 0.3) is 0 Å². The first-order valence-corrected chi connectivity index (χ1v) is 7.18. The van der Waals surface area contributed by atoms with Gasteiger partial charge in [-0.15, -0.1) is 0 Å². The van der Waals surface area contributed by atoms with Gasteiger partial charge in [0.25, 0.3) is 0 Å². The van der Waals surface area contributed by atoms with Crippen LogP contribution in [0.4, 0.5) is 0 Å². The van der Waals surface area contributed by atoms with Crippen molar-refractivity contribution < 1.29 is 0 Å². The molecule has 0 heterocycles. The molecule has 0 aliphatic heterocycles. The Morgan fingerprint density at radius 3 is 2.20 bits per heavy atom. The molecule has 1 aliphatic rings. The molecule has 0 aromatic carbocycles. The van der Waals surface area contributed by atoms with Gasteiger partial charge in [-0.2, -0.15) is 0 Å². The van der Waals surface area contributed by atoms with Crippen LogP contribution >= 0.6 is 0 Å². The van der Waals surface area contributed by atoms with Gasteiger partial charge in [0.15, 0.2) is 0 Å². The molecular formula is C15H30. The first kappa shape index (κ1) is 13.1. The van der Waals surface area contributed by atoms with E-state index >= 15 is 0 Å². The molecule has 90 valence electrons. The molecule has 0 aromatic heterocycles. The van der Waals surface area contributed by atoms with Crippen molar-refractivity contribution in [1.82, 2.24) is 0 Å². The summed E-state index contributed by atoms with van der Waals surface area (Å²) in [4.78, 5) is 0. The summed E-state index contributed by atoms with van der Waals surface area (Å²) in [5.74, 6) is 0.897. The molecule has 15 heavy (non-hydrogen) atoms. The summed E-state index contributed by atoms with van der Waals surface area (Å²) in [6, 6.07) is 0. The van der Waals surface area contributed by atoms with E-state index < -0.39 is 0 Å². The van der Waals surface area contributed by atoms with E-state index in [1.54, 1.807) is 0 Å². The summed E-state index contributed by atoms with van der Waals surface area (Å²) in [5, 5.41) is 0. The van der Waals surface area contributed by atoms with E-state index in [-0.39, 0.29) is 0 Å². The number of hydrogen-bond donors (Lipinski definition) is 0. The fourth-order valence-electron chi connectivity index (χ4n) is 3.09. The fraction of sp³-hybridized carbons (Fsp3) is 1.00. The summed E-state index contributed by atoms with van der Waals surface area (Å²) < 4.78 is 0.